The molecule has 1 heterocycles. The number of hydrogen-bond donors (Lipinski definition) is 1. The second-order valence-corrected chi connectivity index (χ2v) is 6.13. The van der Waals surface area contributed by atoms with Crippen molar-refractivity contribution < 1.29 is 9.47 Å². The lowest BCUT2D eigenvalue weighted by atomic mass is 10.2. The maximum atomic E-state index is 12.1. The van der Waals surface area contributed by atoms with Crippen molar-refractivity contribution >= 4 is 11.8 Å². The predicted molar refractivity (Wildman–Crippen MR) is 97.3 cm³/mol. The molecule has 0 atom stereocenters. The molecule has 1 aromatic heterocycles. The Morgan fingerprint density at radius 3 is 2.40 bits per heavy atom. The zero-order valence-electron chi connectivity index (χ0n) is 13.6. The van der Waals surface area contributed by atoms with Crippen LogP contribution in [-0.4, -0.2) is 34.7 Å². The van der Waals surface area contributed by atoms with Gasteiger partial charge in [0.05, 0.1) is 13.7 Å². The summed E-state index contributed by atoms with van der Waals surface area (Å²) in [6.45, 7) is 0.487. The summed E-state index contributed by atoms with van der Waals surface area (Å²) in [6, 6.07) is 16.6. The summed E-state index contributed by atoms with van der Waals surface area (Å²) in [5.41, 5.74) is 0.815. The van der Waals surface area contributed by atoms with Gasteiger partial charge in [0.1, 0.15) is 11.5 Å². The van der Waals surface area contributed by atoms with E-state index in [9.17, 15) is 4.79 Å². The van der Waals surface area contributed by atoms with Crippen LogP contribution in [0.5, 0.6) is 11.5 Å². The molecule has 0 radical (unpaired) electrons. The monoisotopic (exact) mass is 355 g/mol. The van der Waals surface area contributed by atoms with Crippen molar-refractivity contribution in [3.05, 3.63) is 65.0 Å². The summed E-state index contributed by atoms with van der Waals surface area (Å²) in [4.78, 5) is 14.9. The number of thioether (sulfide) groups is 1. The van der Waals surface area contributed by atoms with Crippen molar-refractivity contribution in [2.45, 2.75) is 5.16 Å². The van der Waals surface area contributed by atoms with E-state index in [0.29, 0.717) is 23.2 Å². The van der Waals surface area contributed by atoms with Crippen LogP contribution in [0.15, 0.2) is 64.5 Å². The number of nitrogens with one attached hydrogen (secondary N) is 1. The fourth-order valence-corrected chi connectivity index (χ4v) is 2.77. The molecule has 0 bridgehead atoms. The second-order valence-electron chi connectivity index (χ2n) is 5.05. The van der Waals surface area contributed by atoms with Crippen LogP contribution in [0.3, 0.4) is 0 Å². The van der Waals surface area contributed by atoms with Crippen molar-refractivity contribution in [3.8, 4) is 22.8 Å². The van der Waals surface area contributed by atoms with E-state index in [2.05, 4.69) is 15.2 Å². The number of aromatic nitrogens is 3. The highest BCUT2D eigenvalue weighted by Crippen LogP contribution is 2.18. The zero-order valence-corrected chi connectivity index (χ0v) is 14.5. The topological polar surface area (TPSA) is 77.1 Å². The van der Waals surface area contributed by atoms with E-state index in [1.165, 1.54) is 11.8 Å². The lowest BCUT2D eigenvalue weighted by molar-refractivity contribution is 0.342. The zero-order chi connectivity index (χ0) is 17.5. The van der Waals surface area contributed by atoms with E-state index in [4.69, 9.17) is 9.47 Å². The molecule has 0 saturated heterocycles. The van der Waals surface area contributed by atoms with E-state index in [0.717, 1.165) is 17.1 Å². The van der Waals surface area contributed by atoms with Crippen LogP contribution in [0.1, 0.15) is 0 Å². The van der Waals surface area contributed by atoms with Gasteiger partial charge in [-0.1, -0.05) is 42.1 Å². The van der Waals surface area contributed by atoms with Crippen molar-refractivity contribution in [2.75, 3.05) is 19.5 Å². The first-order chi connectivity index (χ1) is 12.3. The highest BCUT2D eigenvalue weighted by Gasteiger charge is 2.07. The van der Waals surface area contributed by atoms with Crippen LogP contribution in [0, 0.1) is 0 Å². The number of hydrogen-bond acceptors (Lipinski definition) is 6. The molecule has 0 spiro atoms. The molecule has 0 aliphatic carbocycles. The van der Waals surface area contributed by atoms with Gasteiger partial charge in [-0.15, -0.1) is 10.2 Å². The standard InChI is InChI=1S/C18H17N3O3S/c1-23-14-7-9-15(10-8-14)24-11-12-25-18-19-17(22)16(20-21-18)13-5-3-2-4-6-13/h2-10H,11-12H2,1H3,(H,19,21,22). The first-order valence-electron chi connectivity index (χ1n) is 7.68. The molecule has 0 aliphatic rings. The molecule has 7 heteroatoms. The largest absolute Gasteiger partial charge is 0.497 e. The van der Waals surface area contributed by atoms with Crippen molar-refractivity contribution in [2.24, 2.45) is 0 Å². The fourth-order valence-electron chi connectivity index (χ4n) is 2.14. The minimum atomic E-state index is -0.250. The Morgan fingerprint density at radius 2 is 1.72 bits per heavy atom. The van der Waals surface area contributed by atoms with Crippen LogP contribution in [0.25, 0.3) is 11.3 Å². The van der Waals surface area contributed by atoms with E-state index in [1.54, 1.807) is 7.11 Å². The Hall–Kier alpha value is -2.80. The summed E-state index contributed by atoms with van der Waals surface area (Å²) in [7, 11) is 1.62. The molecule has 2 aromatic carbocycles. The molecule has 3 rings (SSSR count). The third-order valence-corrected chi connectivity index (χ3v) is 4.20. The molecule has 1 N–H and O–H groups in total. The summed E-state index contributed by atoms with van der Waals surface area (Å²) in [5, 5.41) is 8.58. The van der Waals surface area contributed by atoms with Gasteiger partial charge in [-0.05, 0) is 24.3 Å². The number of aromatic amines is 1. The van der Waals surface area contributed by atoms with Gasteiger partial charge in [-0.2, -0.15) is 0 Å². The average molecular weight is 355 g/mol. The summed E-state index contributed by atoms with van der Waals surface area (Å²) >= 11 is 1.39. The van der Waals surface area contributed by atoms with Gasteiger partial charge in [0.15, 0.2) is 10.9 Å². The summed E-state index contributed by atoms with van der Waals surface area (Å²) in [6.07, 6.45) is 0. The molecule has 3 aromatic rings. The molecule has 0 unspecified atom stereocenters. The molecular formula is C18H17N3O3S. The number of benzene rings is 2. The quantitative estimate of drug-likeness (QED) is 0.519. The maximum absolute atomic E-state index is 12.1. The second kappa shape index (κ2) is 8.34. The molecule has 0 saturated carbocycles. The lowest BCUT2D eigenvalue weighted by Gasteiger charge is -2.06. The van der Waals surface area contributed by atoms with Gasteiger partial charge < -0.3 is 9.47 Å². The summed E-state index contributed by atoms with van der Waals surface area (Å²) < 4.78 is 10.7. The van der Waals surface area contributed by atoms with Gasteiger partial charge in [0, 0.05) is 11.3 Å². The number of methoxy groups -OCH3 is 1. The first-order valence-corrected chi connectivity index (χ1v) is 8.67. The van der Waals surface area contributed by atoms with Crippen LogP contribution < -0.4 is 15.0 Å². The molecule has 128 valence electrons. The number of H-pyrrole nitrogens is 1. The Bertz CT molecular complexity index is 867. The maximum Gasteiger partial charge on any atom is 0.278 e. The Kier molecular flexibility index (Phi) is 5.69. The van der Waals surface area contributed by atoms with Gasteiger partial charge >= 0.3 is 0 Å². The third-order valence-electron chi connectivity index (χ3n) is 3.37. The van der Waals surface area contributed by atoms with Gasteiger partial charge in [-0.25, -0.2) is 0 Å². The molecular weight excluding hydrogens is 338 g/mol. The third kappa shape index (κ3) is 4.60. The average Bonchev–Trinajstić information content (AvgIpc) is 2.66. The van der Waals surface area contributed by atoms with Crippen LogP contribution in [0.2, 0.25) is 0 Å². The van der Waals surface area contributed by atoms with Crippen molar-refractivity contribution in [1.82, 2.24) is 15.2 Å². The van der Waals surface area contributed by atoms with E-state index < -0.39 is 0 Å². The molecule has 0 amide bonds. The van der Waals surface area contributed by atoms with Gasteiger partial charge in [-0.3, -0.25) is 9.78 Å². The minimum Gasteiger partial charge on any atom is -0.497 e. The van der Waals surface area contributed by atoms with Crippen LogP contribution >= 0.6 is 11.8 Å². The summed E-state index contributed by atoms with van der Waals surface area (Å²) in [5.74, 6) is 2.19. The Balaban J connectivity index is 1.53. The lowest BCUT2D eigenvalue weighted by Crippen LogP contribution is -2.14. The molecule has 0 fully saturated rings. The van der Waals surface area contributed by atoms with Crippen LogP contribution in [0.4, 0.5) is 0 Å². The number of nitrogens with zero attached hydrogens (tertiary/aromatic N) is 2. The number of rotatable bonds is 7. The highest BCUT2D eigenvalue weighted by atomic mass is 32.2. The van der Waals surface area contributed by atoms with E-state index in [-0.39, 0.29) is 5.56 Å². The molecule has 6 nitrogen and oxygen atoms in total. The van der Waals surface area contributed by atoms with Gasteiger partial charge in [0.2, 0.25) is 0 Å². The Labute approximate surface area is 149 Å². The predicted octanol–water partition coefficient (Wildman–Crippen LogP) is 3.01. The normalized spacial score (nSPS) is 10.4. The first kappa shape index (κ1) is 17.0. The van der Waals surface area contributed by atoms with Crippen LogP contribution in [-0.2, 0) is 0 Å². The SMILES string of the molecule is COc1ccc(OCCSc2nnc(-c3ccccc3)c(=O)[nH]2)cc1. The smallest absolute Gasteiger partial charge is 0.278 e. The van der Waals surface area contributed by atoms with Gasteiger partial charge in [0.25, 0.3) is 5.56 Å². The van der Waals surface area contributed by atoms with E-state index >= 15 is 0 Å². The molecule has 0 aliphatic heterocycles. The van der Waals surface area contributed by atoms with Crippen molar-refractivity contribution in [3.63, 3.8) is 0 Å². The highest BCUT2D eigenvalue weighted by molar-refractivity contribution is 7.99. The number of ether oxygens (including phenoxy) is 2. The minimum absolute atomic E-state index is 0.250. The van der Waals surface area contributed by atoms with E-state index in [1.807, 2.05) is 54.6 Å². The Morgan fingerprint density at radius 1 is 1.00 bits per heavy atom. The fraction of sp³-hybridized carbons (Fsp3) is 0.167. The molecule has 25 heavy (non-hydrogen) atoms. The van der Waals surface area contributed by atoms with Crippen molar-refractivity contribution in [1.29, 1.82) is 0 Å².